The lowest BCUT2D eigenvalue weighted by atomic mass is 10.1. The van der Waals surface area contributed by atoms with Crippen LogP contribution in [0.1, 0.15) is 33.2 Å². The third kappa shape index (κ3) is 5.59. The van der Waals surface area contributed by atoms with Gasteiger partial charge < -0.3 is 19.9 Å². The van der Waals surface area contributed by atoms with Gasteiger partial charge in [-0.3, -0.25) is 4.79 Å². The van der Waals surface area contributed by atoms with Gasteiger partial charge in [0.25, 0.3) is 5.91 Å². The molecule has 3 aromatic rings. The van der Waals surface area contributed by atoms with Crippen molar-refractivity contribution in [2.75, 3.05) is 11.9 Å². The van der Waals surface area contributed by atoms with E-state index in [1.165, 1.54) is 12.1 Å². The van der Waals surface area contributed by atoms with E-state index in [9.17, 15) is 9.59 Å². The van der Waals surface area contributed by atoms with Crippen LogP contribution in [-0.4, -0.2) is 23.6 Å². The van der Waals surface area contributed by atoms with Gasteiger partial charge in [-0.05, 0) is 73.2 Å². The standard InChI is InChI=1S/C23H21NO5/c1-2-28-20-13-9-19(10-14-20)24-22(25)17-7-11-21(12-8-17)29-15-16-3-5-18(6-4-16)23(26)27/h3-14H,2,15H2,1H3,(H,24,25)(H,26,27). The smallest absolute Gasteiger partial charge is 0.335 e. The molecule has 148 valence electrons. The summed E-state index contributed by atoms with van der Waals surface area (Å²) < 4.78 is 11.1. The highest BCUT2D eigenvalue weighted by atomic mass is 16.5. The zero-order valence-corrected chi connectivity index (χ0v) is 15.9. The molecular weight excluding hydrogens is 370 g/mol. The van der Waals surface area contributed by atoms with Gasteiger partial charge in [0.15, 0.2) is 0 Å². The zero-order chi connectivity index (χ0) is 20.6. The fourth-order valence-corrected chi connectivity index (χ4v) is 2.62. The van der Waals surface area contributed by atoms with Crippen LogP contribution in [0.15, 0.2) is 72.8 Å². The predicted octanol–water partition coefficient (Wildman–Crippen LogP) is 4.61. The Labute approximate surface area is 168 Å². The summed E-state index contributed by atoms with van der Waals surface area (Å²) in [5, 5.41) is 11.7. The maximum atomic E-state index is 12.4. The highest BCUT2D eigenvalue weighted by Gasteiger charge is 2.07. The number of benzene rings is 3. The molecule has 1 amide bonds. The topological polar surface area (TPSA) is 84.9 Å². The molecule has 3 rings (SSSR count). The first kappa shape index (κ1) is 19.9. The molecule has 0 radical (unpaired) electrons. The summed E-state index contributed by atoms with van der Waals surface area (Å²) in [6.07, 6.45) is 0. The van der Waals surface area contributed by atoms with Crippen LogP contribution in [0.4, 0.5) is 5.69 Å². The van der Waals surface area contributed by atoms with Crippen LogP contribution < -0.4 is 14.8 Å². The Morgan fingerprint density at radius 2 is 1.34 bits per heavy atom. The molecule has 0 saturated heterocycles. The number of ether oxygens (including phenoxy) is 2. The lowest BCUT2D eigenvalue weighted by molar-refractivity contribution is 0.0696. The number of nitrogens with one attached hydrogen (secondary N) is 1. The average molecular weight is 391 g/mol. The van der Waals surface area contributed by atoms with E-state index < -0.39 is 5.97 Å². The van der Waals surface area contributed by atoms with Crippen LogP contribution in [0.2, 0.25) is 0 Å². The fourth-order valence-electron chi connectivity index (χ4n) is 2.62. The highest BCUT2D eigenvalue weighted by Crippen LogP contribution is 2.18. The lowest BCUT2D eigenvalue weighted by Crippen LogP contribution is -2.11. The van der Waals surface area contributed by atoms with E-state index in [0.717, 1.165) is 11.3 Å². The highest BCUT2D eigenvalue weighted by molar-refractivity contribution is 6.04. The average Bonchev–Trinajstić information content (AvgIpc) is 2.74. The Bertz CT molecular complexity index is 964. The van der Waals surface area contributed by atoms with Crippen molar-refractivity contribution in [3.63, 3.8) is 0 Å². The molecular formula is C23H21NO5. The van der Waals surface area contributed by atoms with Crippen molar-refractivity contribution in [2.45, 2.75) is 13.5 Å². The molecule has 0 bridgehead atoms. The van der Waals surface area contributed by atoms with Crippen molar-refractivity contribution in [1.82, 2.24) is 0 Å². The number of carbonyl (C=O) groups excluding carboxylic acids is 1. The first-order valence-corrected chi connectivity index (χ1v) is 9.14. The quantitative estimate of drug-likeness (QED) is 0.585. The van der Waals surface area contributed by atoms with Gasteiger partial charge in [-0.1, -0.05) is 12.1 Å². The number of carboxylic acid groups (broad SMARTS) is 1. The molecule has 0 aliphatic heterocycles. The maximum absolute atomic E-state index is 12.4. The number of carboxylic acids is 1. The molecule has 0 unspecified atom stereocenters. The van der Waals surface area contributed by atoms with E-state index in [1.54, 1.807) is 60.7 Å². The van der Waals surface area contributed by atoms with E-state index in [4.69, 9.17) is 14.6 Å². The van der Waals surface area contributed by atoms with Crippen molar-refractivity contribution in [3.8, 4) is 11.5 Å². The van der Waals surface area contributed by atoms with E-state index >= 15 is 0 Å². The second-order valence-electron chi connectivity index (χ2n) is 6.23. The van der Waals surface area contributed by atoms with Crippen molar-refractivity contribution >= 4 is 17.6 Å². The van der Waals surface area contributed by atoms with Gasteiger partial charge >= 0.3 is 5.97 Å². The van der Waals surface area contributed by atoms with Crippen LogP contribution in [-0.2, 0) is 6.61 Å². The molecule has 2 N–H and O–H groups in total. The van der Waals surface area contributed by atoms with Crippen LogP contribution in [0.3, 0.4) is 0 Å². The monoisotopic (exact) mass is 391 g/mol. The van der Waals surface area contributed by atoms with Gasteiger partial charge in [-0.15, -0.1) is 0 Å². The summed E-state index contributed by atoms with van der Waals surface area (Å²) in [6, 6.07) is 20.5. The van der Waals surface area contributed by atoms with Crippen LogP contribution in [0.25, 0.3) is 0 Å². The SMILES string of the molecule is CCOc1ccc(NC(=O)c2ccc(OCc3ccc(C(=O)O)cc3)cc2)cc1. The first-order valence-electron chi connectivity index (χ1n) is 9.14. The minimum atomic E-state index is -0.962. The summed E-state index contributed by atoms with van der Waals surface area (Å²) >= 11 is 0. The number of anilines is 1. The minimum absolute atomic E-state index is 0.218. The molecule has 29 heavy (non-hydrogen) atoms. The normalized spacial score (nSPS) is 10.2. The van der Waals surface area contributed by atoms with Gasteiger partial charge in [0.05, 0.1) is 12.2 Å². The molecule has 0 heterocycles. The Kier molecular flexibility index (Phi) is 6.47. The largest absolute Gasteiger partial charge is 0.494 e. The maximum Gasteiger partial charge on any atom is 0.335 e. The number of carbonyl (C=O) groups is 2. The summed E-state index contributed by atoms with van der Waals surface area (Å²) in [5.41, 5.74) is 2.28. The number of aromatic carboxylic acids is 1. The Balaban J connectivity index is 1.54. The third-order valence-electron chi connectivity index (χ3n) is 4.15. The second kappa shape index (κ2) is 9.41. The predicted molar refractivity (Wildman–Crippen MR) is 110 cm³/mol. The Hall–Kier alpha value is -3.80. The van der Waals surface area contributed by atoms with Gasteiger partial charge in [0.2, 0.25) is 0 Å². The molecule has 0 spiro atoms. The second-order valence-corrected chi connectivity index (χ2v) is 6.23. The van der Waals surface area contributed by atoms with E-state index in [0.29, 0.717) is 30.2 Å². The minimum Gasteiger partial charge on any atom is -0.494 e. The Morgan fingerprint density at radius 3 is 1.93 bits per heavy atom. The summed E-state index contributed by atoms with van der Waals surface area (Å²) in [7, 11) is 0. The number of amides is 1. The summed E-state index contributed by atoms with van der Waals surface area (Å²) in [6.45, 7) is 2.81. The van der Waals surface area contributed by atoms with E-state index in [-0.39, 0.29) is 11.5 Å². The molecule has 0 aliphatic rings. The first-order chi connectivity index (χ1) is 14.0. The summed E-state index contributed by atoms with van der Waals surface area (Å²) in [4.78, 5) is 23.2. The van der Waals surface area contributed by atoms with Crippen molar-refractivity contribution in [1.29, 1.82) is 0 Å². The van der Waals surface area contributed by atoms with Crippen LogP contribution in [0, 0.1) is 0 Å². The van der Waals surface area contributed by atoms with Gasteiger partial charge in [-0.25, -0.2) is 4.79 Å². The molecule has 0 aliphatic carbocycles. The van der Waals surface area contributed by atoms with Crippen molar-refractivity contribution in [2.24, 2.45) is 0 Å². The lowest BCUT2D eigenvalue weighted by Gasteiger charge is -2.09. The Morgan fingerprint density at radius 1 is 0.793 bits per heavy atom. The molecule has 3 aromatic carbocycles. The van der Waals surface area contributed by atoms with Gasteiger partial charge in [0, 0.05) is 11.3 Å². The molecule has 0 saturated carbocycles. The molecule has 6 nitrogen and oxygen atoms in total. The molecule has 0 fully saturated rings. The van der Waals surface area contributed by atoms with Gasteiger partial charge in [-0.2, -0.15) is 0 Å². The van der Waals surface area contributed by atoms with Gasteiger partial charge in [0.1, 0.15) is 18.1 Å². The van der Waals surface area contributed by atoms with Crippen LogP contribution in [0.5, 0.6) is 11.5 Å². The van der Waals surface area contributed by atoms with Crippen molar-refractivity contribution < 1.29 is 24.2 Å². The molecule has 6 heteroatoms. The molecule has 0 atom stereocenters. The third-order valence-corrected chi connectivity index (χ3v) is 4.15. The van der Waals surface area contributed by atoms with E-state index in [1.807, 2.05) is 6.92 Å². The number of hydrogen-bond acceptors (Lipinski definition) is 4. The summed E-state index contributed by atoms with van der Waals surface area (Å²) in [5.74, 6) is 0.191. The number of rotatable bonds is 8. The fraction of sp³-hybridized carbons (Fsp3) is 0.130. The van der Waals surface area contributed by atoms with Crippen LogP contribution >= 0.6 is 0 Å². The molecule has 0 aromatic heterocycles. The van der Waals surface area contributed by atoms with Crippen molar-refractivity contribution in [3.05, 3.63) is 89.5 Å². The number of hydrogen-bond donors (Lipinski definition) is 2. The van der Waals surface area contributed by atoms with E-state index in [2.05, 4.69) is 5.32 Å². The zero-order valence-electron chi connectivity index (χ0n) is 15.9.